The van der Waals surface area contributed by atoms with Gasteiger partial charge >= 0.3 is 0 Å². The predicted octanol–water partition coefficient (Wildman–Crippen LogP) is 3.37. The molecule has 0 spiro atoms. The molecule has 0 bridgehead atoms. The molecule has 4 heteroatoms. The summed E-state index contributed by atoms with van der Waals surface area (Å²) in [6.07, 6.45) is 3.48. The Bertz CT molecular complexity index is 496. The molecule has 0 aliphatic heterocycles. The lowest BCUT2D eigenvalue weighted by atomic mass is 9.97. The SMILES string of the molecule is CC(C)(C)Cn1c(CBr)cc2cncnc21. The second-order valence-corrected chi connectivity index (χ2v) is 5.78. The van der Waals surface area contributed by atoms with Gasteiger partial charge in [0.05, 0.1) is 0 Å². The van der Waals surface area contributed by atoms with Gasteiger partial charge in [-0.1, -0.05) is 36.7 Å². The van der Waals surface area contributed by atoms with Gasteiger partial charge in [0.25, 0.3) is 0 Å². The van der Waals surface area contributed by atoms with E-state index in [0.29, 0.717) is 0 Å². The predicted molar refractivity (Wildman–Crippen MR) is 69.6 cm³/mol. The lowest BCUT2D eigenvalue weighted by Gasteiger charge is -2.21. The van der Waals surface area contributed by atoms with Crippen LogP contribution in [0.1, 0.15) is 26.5 Å². The summed E-state index contributed by atoms with van der Waals surface area (Å²) in [4.78, 5) is 8.42. The number of alkyl halides is 1. The van der Waals surface area contributed by atoms with E-state index in [1.54, 1.807) is 6.33 Å². The van der Waals surface area contributed by atoms with Crippen LogP contribution in [0.25, 0.3) is 11.0 Å². The number of hydrogen-bond donors (Lipinski definition) is 0. The third kappa shape index (κ3) is 2.26. The Kier molecular flexibility index (Phi) is 3.02. The molecule has 0 fully saturated rings. The average Bonchev–Trinajstić information content (AvgIpc) is 2.55. The molecule has 0 amide bonds. The normalized spacial score (nSPS) is 12.2. The summed E-state index contributed by atoms with van der Waals surface area (Å²) >= 11 is 3.52. The van der Waals surface area contributed by atoms with Crippen molar-refractivity contribution in [1.29, 1.82) is 0 Å². The van der Waals surface area contributed by atoms with Gasteiger partial charge in [0.1, 0.15) is 12.0 Å². The van der Waals surface area contributed by atoms with E-state index in [0.717, 1.165) is 22.9 Å². The van der Waals surface area contributed by atoms with Crippen LogP contribution in [0.5, 0.6) is 0 Å². The number of halogens is 1. The van der Waals surface area contributed by atoms with E-state index >= 15 is 0 Å². The van der Waals surface area contributed by atoms with Crippen molar-refractivity contribution >= 4 is 27.0 Å². The first-order valence-electron chi connectivity index (χ1n) is 5.35. The molecule has 0 aromatic carbocycles. The summed E-state index contributed by atoms with van der Waals surface area (Å²) < 4.78 is 2.27. The second-order valence-electron chi connectivity index (χ2n) is 5.22. The third-order valence-corrected chi connectivity index (χ3v) is 2.99. The number of hydrogen-bond acceptors (Lipinski definition) is 2. The highest BCUT2D eigenvalue weighted by Gasteiger charge is 2.16. The molecule has 2 rings (SSSR count). The molecule has 0 aliphatic rings. The molecule has 2 aromatic heterocycles. The number of aromatic nitrogens is 3. The topological polar surface area (TPSA) is 30.7 Å². The Balaban J connectivity index is 2.56. The smallest absolute Gasteiger partial charge is 0.143 e. The van der Waals surface area contributed by atoms with E-state index in [4.69, 9.17) is 0 Å². The van der Waals surface area contributed by atoms with Crippen LogP contribution < -0.4 is 0 Å². The summed E-state index contributed by atoms with van der Waals surface area (Å²) in [5, 5.41) is 1.96. The van der Waals surface area contributed by atoms with Crippen LogP contribution in [0.15, 0.2) is 18.6 Å². The zero-order valence-corrected chi connectivity index (χ0v) is 11.5. The van der Waals surface area contributed by atoms with Gasteiger partial charge < -0.3 is 4.57 Å². The summed E-state index contributed by atoms with van der Waals surface area (Å²) in [6, 6.07) is 2.15. The highest BCUT2D eigenvalue weighted by molar-refractivity contribution is 9.08. The Labute approximate surface area is 104 Å². The first kappa shape index (κ1) is 11.6. The van der Waals surface area contributed by atoms with E-state index in [-0.39, 0.29) is 5.41 Å². The summed E-state index contributed by atoms with van der Waals surface area (Å²) in [6.45, 7) is 7.67. The maximum absolute atomic E-state index is 4.36. The quantitative estimate of drug-likeness (QED) is 0.791. The summed E-state index contributed by atoms with van der Waals surface area (Å²) in [5.41, 5.74) is 2.53. The third-order valence-electron chi connectivity index (χ3n) is 2.41. The summed E-state index contributed by atoms with van der Waals surface area (Å²) in [5.74, 6) is 0. The van der Waals surface area contributed by atoms with E-state index in [9.17, 15) is 0 Å². The van der Waals surface area contributed by atoms with Gasteiger partial charge in [0, 0.05) is 29.2 Å². The lowest BCUT2D eigenvalue weighted by Crippen LogP contribution is -2.17. The molecule has 0 N–H and O–H groups in total. The molecule has 0 atom stereocenters. The van der Waals surface area contributed by atoms with E-state index in [2.05, 4.69) is 57.3 Å². The maximum atomic E-state index is 4.36. The molecule has 3 nitrogen and oxygen atoms in total. The monoisotopic (exact) mass is 281 g/mol. The van der Waals surface area contributed by atoms with Crippen molar-refractivity contribution in [2.24, 2.45) is 5.41 Å². The van der Waals surface area contributed by atoms with Crippen LogP contribution in [0, 0.1) is 5.41 Å². The largest absolute Gasteiger partial charge is 0.328 e. The van der Waals surface area contributed by atoms with Gasteiger partial charge in [-0.2, -0.15) is 0 Å². The molecule has 0 aliphatic carbocycles. The van der Waals surface area contributed by atoms with Gasteiger partial charge in [-0.05, 0) is 11.5 Å². The Hall–Kier alpha value is -0.900. The molecule has 86 valence electrons. The summed E-state index contributed by atoms with van der Waals surface area (Å²) in [7, 11) is 0. The van der Waals surface area contributed by atoms with Crippen molar-refractivity contribution in [2.45, 2.75) is 32.6 Å². The first-order valence-corrected chi connectivity index (χ1v) is 6.47. The minimum atomic E-state index is 0.244. The van der Waals surface area contributed by atoms with Gasteiger partial charge in [-0.25, -0.2) is 9.97 Å². The van der Waals surface area contributed by atoms with Crippen molar-refractivity contribution in [3.63, 3.8) is 0 Å². The highest BCUT2D eigenvalue weighted by Crippen LogP contribution is 2.24. The average molecular weight is 282 g/mol. The van der Waals surface area contributed by atoms with Crippen LogP contribution in [0.2, 0.25) is 0 Å². The fraction of sp³-hybridized carbons (Fsp3) is 0.500. The minimum absolute atomic E-state index is 0.244. The van der Waals surface area contributed by atoms with Crippen LogP contribution >= 0.6 is 15.9 Å². The van der Waals surface area contributed by atoms with Crippen molar-refractivity contribution < 1.29 is 0 Å². The Morgan fingerprint density at radius 2 is 2.12 bits per heavy atom. The zero-order valence-electron chi connectivity index (χ0n) is 9.87. The minimum Gasteiger partial charge on any atom is -0.328 e. The molecular weight excluding hydrogens is 266 g/mol. The molecule has 16 heavy (non-hydrogen) atoms. The van der Waals surface area contributed by atoms with Crippen molar-refractivity contribution in [3.8, 4) is 0 Å². The molecule has 2 heterocycles. The lowest BCUT2D eigenvalue weighted by molar-refractivity contribution is 0.345. The second kappa shape index (κ2) is 4.17. The van der Waals surface area contributed by atoms with Gasteiger partial charge in [-0.3, -0.25) is 0 Å². The van der Waals surface area contributed by atoms with Crippen molar-refractivity contribution in [1.82, 2.24) is 14.5 Å². The molecule has 0 radical (unpaired) electrons. The number of fused-ring (bicyclic) bond motifs is 1. The van der Waals surface area contributed by atoms with E-state index < -0.39 is 0 Å². The zero-order chi connectivity index (χ0) is 11.8. The highest BCUT2D eigenvalue weighted by atomic mass is 79.9. The Morgan fingerprint density at radius 3 is 2.75 bits per heavy atom. The van der Waals surface area contributed by atoms with Crippen LogP contribution in [0.4, 0.5) is 0 Å². The van der Waals surface area contributed by atoms with Gasteiger partial charge in [0.15, 0.2) is 0 Å². The molecule has 0 saturated heterocycles. The van der Waals surface area contributed by atoms with Crippen LogP contribution in [-0.2, 0) is 11.9 Å². The van der Waals surface area contributed by atoms with Crippen molar-refractivity contribution in [3.05, 3.63) is 24.3 Å². The van der Waals surface area contributed by atoms with Crippen LogP contribution in [0.3, 0.4) is 0 Å². The standard InChI is InChI=1S/C12H16BrN3/c1-12(2,3)7-16-10(5-13)4-9-6-14-8-15-11(9)16/h4,6,8H,5,7H2,1-3H3. The number of nitrogens with zero attached hydrogens (tertiary/aromatic N) is 3. The van der Waals surface area contributed by atoms with E-state index in [1.165, 1.54) is 5.69 Å². The maximum Gasteiger partial charge on any atom is 0.143 e. The Morgan fingerprint density at radius 1 is 1.38 bits per heavy atom. The molecular formula is C12H16BrN3. The molecule has 2 aromatic rings. The molecule has 0 saturated carbocycles. The van der Waals surface area contributed by atoms with Crippen LogP contribution in [-0.4, -0.2) is 14.5 Å². The number of rotatable bonds is 2. The fourth-order valence-electron chi connectivity index (χ4n) is 1.82. The van der Waals surface area contributed by atoms with E-state index in [1.807, 2.05) is 6.20 Å². The van der Waals surface area contributed by atoms with Gasteiger partial charge in [-0.15, -0.1) is 0 Å². The van der Waals surface area contributed by atoms with Gasteiger partial charge in [0.2, 0.25) is 0 Å². The molecule has 0 unspecified atom stereocenters. The fourth-order valence-corrected chi connectivity index (χ4v) is 2.28. The first-order chi connectivity index (χ1) is 7.51. The van der Waals surface area contributed by atoms with Crippen molar-refractivity contribution in [2.75, 3.05) is 0 Å².